The van der Waals surface area contributed by atoms with Gasteiger partial charge in [0.25, 0.3) is 5.56 Å². The lowest BCUT2D eigenvalue weighted by molar-refractivity contribution is 0.256. The van der Waals surface area contributed by atoms with Gasteiger partial charge in [0.05, 0.1) is 4.47 Å². The van der Waals surface area contributed by atoms with Crippen LogP contribution in [0.4, 0.5) is 0 Å². The Morgan fingerprint density at radius 1 is 1.31 bits per heavy atom. The van der Waals surface area contributed by atoms with E-state index in [1.807, 2.05) is 10.6 Å². The van der Waals surface area contributed by atoms with Gasteiger partial charge in [-0.05, 0) is 56.8 Å². The van der Waals surface area contributed by atoms with E-state index in [4.69, 9.17) is 0 Å². The minimum absolute atomic E-state index is 0.106. The lowest BCUT2D eigenvalue weighted by atomic mass is 9.84. The molecule has 3 heterocycles. The molecule has 1 N–H and O–H groups in total. The number of hydrogen-bond acceptors (Lipinski definition) is 2. The van der Waals surface area contributed by atoms with Crippen molar-refractivity contribution in [1.29, 1.82) is 0 Å². The molecule has 1 saturated heterocycles. The molecular weight excluding hydrogens is 336 g/mol. The van der Waals surface area contributed by atoms with Crippen LogP contribution < -0.4 is 10.9 Å². The lowest BCUT2D eigenvalue weighted by Crippen LogP contribution is -2.45. The van der Waals surface area contributed by atoms with Gasteiger partial charge in [-0.25, -0.2) is 0 Å². The zero-order valence-corrected chi connectivity index (χ0v) is 11.8. The summed E-state index contributed by atoms with van der Waals surface area (Å²) in [6.45, 7) is 2.86. The largest absolute Gasteiger partial charge is 0.316 e. The summed E-state index contributed by atoms with van der Waals surface area (Å²) in [7, 11) is 0. The predicted molar refractivity (Wildman–Crippen MR) is 69.8 cm³/mol. The molecule has 2 aliphatic heterocycles. The zero-order chi connectivity index (χ0) is 11.3. The summed E-state index contributed by atoms with van der Waals surface area (Å²) in [4.78, 5) is 12.1. The normalized spacial score (nSPS) is 27.6. The summed E-state index contributed by atoms with van der Waals surface area (Å²) >= 11 is 6.90. The molecule has 0 spiro atoms. The van der Waals surface area contributed by atoms with Crippen LogP contribution in [0.15, 0.2) is 19.8 Å². The van der Waals surface area contributed by atoms with Gasteiger partial charge in [0.15, 0.2) is 0 Å². The van der Waals surface area contributed by atoms with E-state index in [9.17, 15) is 4.79 Å². The molecule has 5 heteroatoms. The molecule has 0 aliphatic carbocycles. The molecule has 0 aromatic carbocycles. The van der Waals surface area contributed by atoms with Crippen LogP contribution in [0.5, 0.6) is 0 Å². The van der Waals surface area contributed by atoms with E-state index in [0.717, 1.165) is 29.8 Å². The lowest BCUT2D eigenvalue weighted by Gasteiger charge is -2.38. The average molecular weight is 348 g/mol. The summed E-state index contributed by atoms with van der Waals surface area (Å²) < 4.78 is 3.63. The Labute approximate surface area is 110 Å². The van der Waals surface area contributed by atoms with Gasteiger partial charge in [-0.1, -0.05) is 0 Å². The molecule has 2 bridgehead atoms. The first-order valence-corrected chi connectivity index (χ1v) is 7.05. The second-order valence-electron chi connectivity index (χ2n) is 4.60. The predicted octanol–water partition coefficient (Wildman–Crippen LogP) is 2.08. The van der Waals surface area contributed by atoms with E-state index >= 15 is 0 Å². The maximum atomic E-state index is 12.1. The smallest absolute Gasteiger partial charge is 0.265 e. The number of nitrogens with zero attached hydrogens (tertiary/aromatic N) is 1. The van der Waals surface area contributed by atoms with Gasteiger partial charge in [-0.15, -0.1) is 0 Å². The highest BCUT2D eigenvalue weighted by Crippen LogP contribution is 2.36. The summed E-state index contributed by atoms with van der Waals surface area (Å²) in [5, 5.41) is 3.44. The van der Waals surface area contributed by atoms with Crippen LogP contribution >= 0.6 is 31.9 Å². The minimum Gasteiger partial charge on any atom is -0.316 e. The highest BCUT2D eigenvalue weighted by molar-refractivity contribution is 9.11. The van der Waals surface area contributed by atoms with Crippen molar-refractivity contribution in [2.24, 2.45) is 5.92 Å². The molecule has 86 valence electrons. The highest BCUT2D eigenvalue weighted by atomic mass is 79.9. The summed E-state index contributed by atoms with van der Waals surface area (Å²) in [6.07, 6.45) is 1.20. The number of nitrogens with one attached hydrogen (secondary N) is 1. The number of hydrogen-bond donors (Lipinski definition) is 1. The third kappa shape index (κ3) is 1.60. The Morgan fingerprint density at radius 3 is 2.94 bits per heavy atom. The van der Waals surface area contributed by atoms with Crippen LogP contribution in [0.25, 0.3) is 0 Å². The molecule has 0 radical (unpaired) electrons. The monoisotopic (exact) mass is 346 g/mol. The van der Waals surface area contributed by atoms with Gasteiger partial charge in [-0.2, -0.15) is 0 Å². The van der Waals surface area contributed by atoms with Crippen molar-refractivity contribution in [2.45, 2.75) is 18.9 Å². The van der Waals surface area contributed by atoms with Gasteiger partial charge >= 0.3 is 0 Å². The highest BCUT2D eigenvalue weighted by Gasteiger charge is 2.32. The number of halogens is 2. The number of rotatable bonds is 0. The summed E-state index contributed by atoms with van der Waals surface area (Å²) in [5.41, 5.74) is 1.27. The quantitative estimate of drug-likeness (QED) is 0.779. The standard InChI is InChI=1S/C11H12Br2N2O/c12-8-2-9(13)11(16)15-5-6-1-7(10(8)15)4-14-3-6/h2,6-7,14H,1,3-5H2/t6-,7+/m0/s1. The van der Waals surface area contributed by atoms with Crippen LogP contribution in [0.2, 0.25) is 0 Å². The molecule has 0 unspecified atom stereocenters. The van der Waals surface area contributed by atoms with E-state index < -0.39 is 0 Å². The van der Waals surface area contributed by atoms with Crippen LogP contribution in [0, 0.1) is 5.92 Å². The summed E-state index contributed by atoms with van der Waals surface area (Å²) in [6, 6.07) is 1.88. The molecule has 1 aromatic heterocycles. The SMILES string of the molecule is O=c1c(Br)cc(Br)c2n1C[C@@H]1CNC[C@H]2C1. The number of fused-ring (bicyclic) bond motifs is 4. The van der Waals surface area contributed by atoms with Gasteiger partial charge in [-0.3, -0.25) is 4.79 Å². The van der Waals surface area contributed by atoms with Crippen molar-refractivity contribution in [3.8, 4) is 0 Å². The van der Waals surface area contributed by atoms with E-state index in [1.165, 1.54) is 6.42 Å². The van der Waals surface area contributed by atoms with Crippen LogP contribution in [-0.2, 0) is 6.54 Å². The third-order valence-electron chi connectivity index (χ3n) is 3.51. The van der Waals surface area contributed by atoms with Crippen LogP contribution in [0.3, 0.4) is 0 Å². The van der Waals surface area contributed by atoms with Gasteiger partial charge in [0.2, 0.25) is 0 Å². The maximum absolute atomic E-state index is 12.1. The fourth-order valence-corrected chi connectivity index (χ4v) is 4.36. The first-order valence-electron chi connectivity index (χ1n) is 5.46. The average Bonchev–Trinajstić information content (AvgIpc) is 2.25. The molecule has 1 fully saturated rings. The van der Waals surface area contributed by atoms with Gasteiger partial charge < -0.3 is 9.88 Å². The van der Waals surface area contributed by atoms with Crippen molar-refractivity contribution < 1.29 is 0 Å². The Balaban J connectivity index is 2.23. The first kappa shape index (κ1) is 11.0. The van der Waals surface area contributed by atoms with Crippen molar-refractivity contribution in [1.82, 2.24) is 9.88 Å². The maximum Gasteiger partial charge on any atom is 0.265 e. The molecule has 2 aliphatic rings. The fourth-order valence-electron chi connectivity index (χ4n) is 2.85. The number of aromatic nitrogens is 1. The number of pyridine rings is 1. The first-order chi connectivity index (χ1) is 7.66. The fraction of sp³-hybridized carbons (Fsp3) is 0.545. The molecule has 2 atom stereocenters. The van der Waals surface area contributed by atoms with Crippen molar-refractivity contribution in [3.63, 3.8) is 0 Å². The van der Waals surface area contributed by atoms with E-state index in [2.05, 4.69) is 37.2 Å². The Morgan fingerprint density at radius 2 is 2.12 bits per heavy atom. The van der Waals surface area contributed by atoms with Crippen molar-refractivity contribution in [3.05, 3.63) is 31.1 Å². The minimum atomic E-state index is 0.106. The molecule has 3 nitrogen and oxygen atoms in total. The Bertz CT molecular complexity index is 497. The van der Waals surface area contributed by atoms with Crippen molar-refractivity contribution >= 4 is 31.9 Å². The third-order valence-corrected chi connectivity index (χ3v) is 4.71. The second-order valence-corrected chi connectivity index (χ2v) is 6.31. The molecule has 16 heavy (non-hydrogen) atoms. The van der Waals surface area contributed by atoms with Crippen LogP contribution in [0.1, 0.15) is 18.0 Å². The molecule has 3 rings (SSSR count). The van der Waals surface area contributed by atoms with Crippen LogP contribution in [-0.4, -0.2) is 17.7 Å². The Kier molecular flexibility index (Phi) is 2.72. The molecule has 1 aromatic rings. The van der Waals surface area contributed by atoms with E-state index in [0.29, 0.717) is 16.3 Å². The zero-order valence-electron chi connectivity index (χ0n) is 8.67. The summed E-state index contributed by atoms with van der Waals surface area (Å²) in [5.74, 6) is 1.08. The van der Waals surface area contributed by atoms with E-state index in [-0.39, 0.29) is 5.56 Å². The second kappa shape index (κ2) is 3.96. The molecule has 0 amide bonds. The number of piperidine rings is 1. The van der Waals surface area contributed by atoms with Gasteiger partial charge in [0.1, 0.15) is 0 Å². The molecule has 0 saturated carbocycles. The van der Waals surface area contributed by atoms with Crippen molar-refractivity contribution in [2.75, 3.05) is 13.1 Å². The molecular formula is C11H12Br2N2O. The Hall–Kier alpha value is -0.130. The van der Waals surface area contributed by atoms with Gasteiger partial charge in [0, 0.05) is 29.2 Å². The topological polar surface area (TPSA) is 34.0 Å². The van der Waals surface area contributed by atoms with E-state index in [1.54, 1.807) is 0 Å².